The van der Waals surface area contributed by atoms with Crippen molar-refractivity contribution in [3.05, 3.63) is 116 Å². The summed E-state index contributed by atoms with van der Waals surface area (Å²) in [7, 11) is 0. The monoisotopic (exact) mass is 719 g/mol. The second-order valence-electron chi connectivity index (χ2n) is 11.9. The average Bonchev–Trinajstić information content (AvgIpc) is 3.02. The van der Waals surface area contributed by atoms with Crippen LogP contribution in [0.25, 0.3) is 0 Å². The Kier molecular flexibility index (Phi) is 13.0. The summed E-state index contributed by atoms with van der Waals surface area (Å²) < 4.78 is 91.6. The average molecular weight is 721 g/mol. The fraction of sp³-hybridized carbons (Fsp3) is 0.429. The zero-order chi connectivity index (χ0) is 35.1. The van der Waals surface area contributed by atoms with Crippen LogP contribution in [-0.4, -0.2) is 54.3 Å². The van der Waals surface area contributed by atoms with Crippen LogP contribution in [0.4, 0.5) is 26.3 Å². The number of rotatable bonds is 13. The van der Waals surface area contributed by atoms with Gasteiger partial charge in [0.25, 0.3) is 0 Å². The summed E-state index contributed by atoms with van der Waals surface area (Å²) in [5, 5.41) is 21.6. The predicted octanol–water partition coefficient (Wildman–Crippen LogP) is 8.99. The van der Waals surface area contributed by atoms with Crippen LogP contribution in [0.2, 0.25) is 10.0 Å². The summed E-state index contributed by atoms with van der Waals surface area (Å²) in [6.45, 7) is 2.53. The fourth-order valence-electron chi connectivity index (χ4n) is 5.78. The Morgan fingerprint density at radius 3 is 2.10 bits per heavy atom. The molecule has 1 heterocycles. The first-order chi connectivity index (χ1) is 22.5. The molecule has 13 heteroatoms. The molecule has 4 rings (SSSR count). The zero-order valence-electron chi connectivity index (χ0n) is 26.1. The predicted molar refractivity (Wildman–Crippen MR) is 172 cm³/mol. The Morgan fingerprint density at radius 2 is 1.54 bits per heavy atom. The van der Waals surface area contributed by atoms with Gasteiger partial charge in [0.1, 0.15) is 0 Å². The minimum Gasteiger partial charge on any atom is -0.385 e. The highest BCUT2D eigenvalue weighted by Crippen LogP contribution is 2.38. The molecule has 1 aliphatic rings. The van der Waals surface area contributed by atoms with E-state index in [-0.39, 0.29) is 30.8 Å². The third kappa shape index (κ3) is 10.7. The second-order valence-corrected chi connectivity index (χ2v) is 12.7. The number of benzene rings is 3. The van der Waals surface area contributed by atoms with Gasteiger partial charge < -0.3 is 24.6 Å². The molecule has 3 aromatic carbocycles. The van der Waals surface area contributed by atoms with Gasteiger partial charge in [-0.15, -0.1) is 0 Å². The van der Waals surface area contributed by atoms with Crippen LogP contribution in [-0.2, 0) is 34.0 Å². The Bertz CT molecular complexity index is 1490. The minimum atomic E-state index is -4.98. The van der Waals surface area contributed by atoms with E-state index < -0.39 is 42.0 Å². The lowest BCUT2D eigenvalue weighted by Gasteiger charge is -2.39. The van der Waals surface area contributed by atoms with Crippen molar-refractivity contribution < 1.29 is 46.0 Å². The number of hydrogen-bond acceptors (Lipinski definition) is 5. The Hall–Kier alpha value is -2.64. The van der Waals surface area contributed by atoms with E-state index in [9.17, 15) is 36.6 Å². The fourth-order valence-corrected chi connectivity index (χ4v) is 6.08. The number of ether oxygens (including phenoxy) is 2. The van der Waals surface area contributed by atoms with Gasteiger partial charge in [0.05, 0.1) is 46.6 Å². The van der Waals surface area contributed by atoms with E-state index in [0.29, 0.717) is 66.6 Å². The molecule has 2 atom stereocenters. The van der Waals surface area contributed by atoms with Gasteiger partial charge in [-0.05, 0) is 85.3 Å². The highest BCUT2D eigenvalue weighted by Gasteiger charge is 2.37. The molecule has 2 N–H and O–H groups in total. The topological polar surface area (TPSA) is 62.2 Å². The molecule has 0 bridgehead atoms. The first-order valence-electron chi connectivity index (χ1n) is 15.3. The molecule has 5 nitrogen and oxygen atoms in total. The Balaban J connectivity index is 1.55. The molecular weight excluding hydrogens is 683 g/mol. The molecule has 262 valence electrons. The highest BCUT2D eigenvalue weighted by molar-refractivity contribution is 6.42. The van der Waals surface area contributed by atoms with Gasteiger partial charge in [0, 0.05) is 19.0 Å². The van der Waals surface area contributed by atoms with E-state index in [1.54, 1.807) is 24.3 Å². The lowest BCUT2D eigenvalue weighted by molar-refractivity contribution is -0.143. The maximum absolute atomic E-state index is 13.4. The summed E-state index contributed by atoms with van der Waals surface area (Å²) in [6.07, 6.45) is -7.80. The molecule has 0 aliphatic carbocycles. The number of aliphatic hydroxyl groups excluding tert-OH is 1. The number of nitrogens with zero attached hydrogens (tertiary/aromatic N) is 1. The third-order valence-electron chi connectivity index (χ3n) is 8.39. The molecule has 0 radical (unpaired) electrons. The lowest BCUT2D eigenvalue weighted by atomic mass is 9.84. The second kappa shape index (κ2) is 16.4. The van der Waals surface area contributed by atoms with E-state index in [4.69, 9.17) is 32.7 Å². The highest BCUT2D eigenvalue weighted by atomic mass is 35.5. The molecular formula is C35H37Cl2F6NO4. The first kappa shape index (κ1) is 38.2. The van der Waals surface area contributed by atoms with E-state index in [1.807, 2.05) is 30.3 Å². The molecule has 3 aromatic rings. The maximum atomic E-state index is 13.4. The van der Waals surface area contributed by atoms with Crippen LogP contribution < -0.4 is 0 Å². The maximum Gasteiger partial charge on any atom is 0.416 e. The molecule has 1 aliphatic heterocycles. The van der Waals surface area contributed by atoms with Crippen LogP contribution in [0.3, 0.4) is 0 Å². The smallest absolute Gasteiger partial charge is 0.385 e. The van der Waals surface area contributed by atoms with Gasteiger partial charge >= 0.3 is 12.4 Å². The van der Waals surface area contributed by atoms with Crippen LogP contribution in [0.15, 0.2) is 78.4 Å². The molecule has 0 amide bonds. The Labute approximate surface area is 285 Å². The standard InChI is InChI=1S/C35H37Cl2F6NO4/c1-23(45)48-16-10-26(22-47-21-24-17-28(34(38,39)40)20-29(18-24)35(41,42)43)30(25-7-8-31(36)32(37)19-25)9-13-44-14-11-33(46,12-15-44)27-5-3-2-4-6-27/h2-8,10,17-20,23,30,45-46H,9,11-16,21-22H2,1H3/b26-10+/t23-,30?/m0/s1. The van der Waals surface area contributed by atoms with Gasteiger partial charge in [0.15, 0.2) is 6.29 Å². The van der Waals surface area contributed by atoms with Crippen molar-refractivity contribution in [1.82, 2.24) is 4.90 Å². The number of aliphatic hydroxyl groups is 2. The quantitative estimate of drug-likeness (QED) is 0.105. The minimum absolute atomic E-state index is 0.0379. The molecule has 0 spiro atoms. The van der Waals surface area contributed by atoms with Crippen molar-refractivity contribution in [2.24, 2.45) is 0 Å². The first-order valence-corrected chi connectivity index (χ1v) is 16.1. The van der Waals surface area contributed by atoms with Crippen molar-refractivity contribution in [1.29, 1.82) is 0 Å². The SMILES string of the molecule is C[C@@H](O)OC/C=C(\COCc1cc(C(F)(F)F)cc(C(F)(F)F)c1)C(CCN1CCC(O)(c2ccccc2)CC1)c1ccc(Cl)c(Cl)c1. The van der Waals surface area contributed by atoms with Crippen molar-refractivity contribution in [3.63, 3.8) is 0 Å². The van der Waals surface area contributed by atoms with Gasteiger partial charge in [-0.25, -0.2) is 0 Å². The normalized spacial score (nSPS) is 17.4. The van der Waals surface area contributed by atoms with Crippen LogP contribution >= 0.6 is 23.2 Å². The molecule has 0 saturated carbocycles. The number of halogens is 8. The number of piperidine rings is 1. The zero-order valence-corrected chi connectivity index (χ0v) is 27.6. The van der Waals surface area contributed by atoms with Gasteiger partial charge in [-0.3, -0.25) is 0 Å². The van der Waals surface area contributed by atoms with E-state index >= 15 is 0 Å². The van der Waals surface area contributed by atoms with E-state index in [1.165, 1.54) is 6.92 Å². The number of hydrogen-bond donors (Lipinski definition) is 2. The van der Waals surface area contributed by atoms with E-state index in [2.05, 4.69) is 4.90 Å². The largest absolute Gasteiger partial charge is 0.416 e. The molecule has 1 unspecified atom stereocenters. The number of likely N-dealkylation sites (tertiary alicyclic amines) is 1. The summed E-state index contributed by atoms with van der Waals surface area (Å²) in [5.41, 5.74) is -1.84. The van der Waals surface area contributed by atoms with E-state index in [0.717, 1.165) is 11.1 Å². The third-order valence-corrected chi connectivity index (χ3v) is 9.13. The summed E-state index contributed by atoms with van der Waals surface area (Å²) >= 11 is 12.6. The Morgan fingerprint density at radius 1 is 0.917 bits per heavy atom. The van der Waals surface area contributed by atoms with Crippen LogP contribution in [0, 0.1) is 0 Å². The number of alkyl halides is 6. The molecule has 1 fully saturated rings. The van der Waals surface area contributed by atoms with Crippen LogP contribution in [0.1, 0.15) is 59.9 Å². The summed E-state index contributed by atoms with van der Waals surface area (Å²) in [6, 6.07) is 16.0. The van der Waals surface area contributed by atoms with Gasteiger partial charge in [-0.2, -0.15) is 26.3 Å². The molecule has 1 saturated heterocycles. The van der Waals surface area contributed by atoms with Gasteiger partial charge in [0.2, 0.25) is 0 Å². The van der Waals surface area contributed by atoms with Gasteiger partial charge in [-0.1, -0.05) is 65.7 Å². The van der Waals surface area contributed by atoms with Crippen molar-refractivity contribution >= 4 is 23.2 Å². The molecule has 0 aromatic heterocycles. The van der Waals surface area contributed by atoms with Crippen LogP contribution in [0.5, 0.6) is 0 Å². The summed E-state index contributed by atoms with van der Waals surface area (Å²) in [4.78, 5) is 2.22. The van der Waals surface area contributed by atoms with Crippen molar-refractivity contribution in [3.8, 4) is 0 Å². The van der Waals surface area contributed by atoms with Crippen molar-refractivity contribution in [2.45, 2.75) is 63.0 Å². The lowest BCUT2D eigenvalue weighted by Crippen LogP contribution is -2.43. The summed E-state index contributed by atoms with van der Waals surface area (Å²) in [5.74, 6) is -0.375. The molecule has 48 heavy (non-hydrogen) atoms. The van der Waals surface area contributed by atoms with Crippen molar-refractivity contribution in [2.75, 3.05) is 32.8 Å².